The highest BCUT2D eigenvalue weighted by atomic mass is 127. The molecule has 1 aliphatic rings. The van der Waals surface area contributed by atoms with E-state index in [1.807, 2.05) is 69.3 Å². The van der Waals surface area contributed by atoms with Gasteiger partial charge in [0, 0.05) is 76.2 Å². The molecule has 17 nitrogen and oxygen atoms in total. The number of aryl methyl sites for hydroxylation is 4. The van der Waals surface area contributed by atoms with Crippen molar-refractivity contribution in [3.05, 3.63) is 124 Å². The van der Waals surface area contributed by atoms with Gasteiger partial charge in [-0.1, -0.05) is 28.4 Å². The van der Waals surface area contributed by atoms with E-state index in [4.69, 9.17) is 13.6 Å². The molecule has 0 spiro atoms. The summed E-state index contributed by atoms with van der Waals surface area (Å²) in [5.74, 6) is -0.535. The Labute approximate surface area is 421 Å². The number of nitrogens with zero attached hydrogens (tertiary/aromatic N) is 8. The largest absolute Gasteiger partial charge is 0.403 e. The predicted octanol–water partition coefficient (Wildman–Crippen LogP) is 8.51. The first-order chi connectivity index (χ1) is 32.8. The van der Waals surface area contributed by atoms with Crippen LogP contribution in [0.2, 0.25) is 0 Å². The molecular formula is C48H57FI2N12O5. The van der Waals surface area contributed by atoms with E-state index in [0.29, 0.717) is 69.2 Å². The molecule has 68 heavy (non-hydrogen) atoms. The van der Waals surface area contributed by atoms with E-state index in [-0.39, 0.29) is 46.5 Å². The Kier molecular flexibility index (Phi) is 18.0. The van der Waals surface area contributed by atoms with Crippen LogP contribution in [0.1, 0.15) is 30.4 Å². The maximum Gasteiger partial charge on any atom is 0.315 e. The van der Waals surface area contributed by atoms with Gasteiger partial charge in [-0.15, -0.1) is 16.8 Å². The Balaban J connectivity index is 1.09. The monoisotopic (exact) mass is 1150 g/mol. The molecule has 1 saturated heterocycles. The van der Waals surface area contributed by atoms with Crippen molar-refractivity contribution in [2.45, 2.75) is 46.2 Å². The Morgan fingerprint density at radius 1 is 0.794 bits per heavy atom. The van der Waals surface area contributed by atoms with Crippen LogP contribution in [0.3, 0.4) is 0 Å². The lowest BCUT2D eigenvalue weighted by Crippen LogP contribution is -2.37. The minimum Gasteiger partial charge on any atom is -0.403 e. The number of nitrogens with one attached hydrogen (secondary N) is 4. The second-order valence-electron chi connectivity index (χ2n) is 16.8. The van der Waals surface area contributed by atoms with Crippen LogP contribution >= 0.6 is 45.2 Å². The fourth-order valence-electron chi connectivity index (χ4n) is 7.66. The molecule has 0 bridgehead atoms. The molecule has 5 heterocycles. The molecule has 0 aliphatic carbocycles. The van der Waals surface area contributed by atoms with Gasteiger partial charge in [0.05, 0.1) is 35.7 Å². The van der Waals surface area contributed by atoms with E-state index in [9.17, 15) is 9.59 Å². The average molecular weight is 1150 g/mol. The van der Waals surface area contributed by atoms with Crippen molar-refractivity contribution in [1.29, 1.82) is 0 Å². The van der Waals surface area contributed by atoms with Crippen molar-refractivity contribution in [2.75, 3.05) is 87.8 Å². The van der Waals surface area contributed by atoms with Gasteiger partial charge in [0.15, 0.2) is 0 Å². The summed E-state index contributed by atoms with van der Waals surface area (Å²) in [6.45, 7) is 13.9. The fourth-order valence-corrected chi connectivity index (χ4v) is 8.96. The number of hydrogen-bond acceptors (Lipinski definition) is 15. The van der Waals surface area contributed by atoms with Crippen molar-refractivity contribution < 1.29 is 18.0 Å². The average Bonchev–Trinajstić information content (AvgIpc) is 4.00. The molecule has 2 aromatic carbocycles. The van der Waals surface area contributed by atoms with Crippen LogP contribution in [0.5, 0.6) is 0 Å². The van der Waals surface area contributed by atoms with Crippen LogP contribution in [-0.2, 0) is 17.8 Å². The van der Waals surface area contributed by atoms with E-state index in [1.165, 1.54) is 4.57 Å². The minimum absolute atomic E-state index is 0.0398. The number of pyridine rings is 2. The third-order valence-electron chi connectivity index (χ3n) is 11.4. The molecular weight excluding hydrogens is 1100 g/mol. The van der Waals surface area contributed by atoms with Gasteiger partial charge in [0.25, 0.3) is 22.9 Å². The topological polar surface area (TPSA) is 186 Å². The summed E-state index contributed by atoms with van der Waals surface area (Å²) in [6, 6.07) is 13.7. The second-order valence-corrected chi connectivity index (χ2v) is 19.3. The van der Waals surface area contributed by atoms with Crippen LogP contribution in [0, 0.1) is 32.7 Å². The maximum absolute atomic E-state index is 16.1. The summed E-state index contributed by atoms with van der Waals surface area (Å²) < 4.78 is 38.9. The molecule has 0 saturated carbocycles. The van der Waals surface area contributed by atoms with Gasteiger partial charge in [-0.3, -0.25) is 14.5 Å². The number of halogens is 3. The van der Waals surface area contributed by atoms with Crippen LogP contribution < -0.4 is 32.4 Å². The normalized spacial score (nSPS) is 13.6. The Morgan fingerprint density at radius 2 is 1.41 bits per heavy atom. The van der Waals surface area contributed by atoms with E-state index < -0.39 is 11.4 Å². The van der Waals surface area contributed by atoms with Crippen LogP contribution in [0.15, 0.2) is 98.1 Å². The summed E-state index contributed by atoms with van der Waals surface area (Å²) in [5.41, 5.74) is 3.85. The van der Waals surface area contributed by atoms with Crippen LogP contribution in [0.4, 0.5) is 39.2 Å². The SMILES string of the molecule is C=CCNc1nnc(-c2cn(CCC(/C=C/CNc3nnc(-c4cn(CCCN(C)C)c(=O)c(F)c4Nc4ccc(I)cc4C)o3)CCN3CCOCC3)c(=O)cc2Nc2ccc(I)cc2C)o1. The van der Waals surface area contributed by atoms with Gasteiger partial charge in [0.2, 0.25) is 5.82 Å². The van der Waals surface area contributed by atoms with Gasteiger partial charge in [-0.05, 0) is 159 Å². The van der Waals surface area contributed by atoms with Crippen molar-refractivity contribution in [3.63, 3.8) is 0 Å². The lowest BCUT2D eigenvalue weighted by molar-refractivity contribution is 0.0359. The number of anilines is 6. The Bertz CT molecular complexity index is 2820. The van der Waals surface area contributed by atoms with Crippen molar-refractivity contribution in [1.82, 2.24) is 39.3 Å². The number of hydrogen-bond donors (Lipinski definition) is 4. The summed E-state index contributed by atoms with van der Waals surface area (Å²) in [6.07, 6.45) is 11.3. The number of benzene rings is 2. The lowest BCUT2D eigenvalue weighted by atomic mass is 10.00. The summed E-state index contributed by atoms with van der Waals surface area (Å²) >= 11 is 4.50. The molecule has 20 heteroatoms. The van der Waals surface area contributed by atoms with E-state index in [2.05, 4.69) is 110 Å². The number of rotatable bonds is 23. The number of morpholine rings is 1. The first-order valence-corrected chi connectivity index (χ1v) is 24.6. The van der Waals surface area contributed by atoms with Crippen LogP contribution in [-0.4, -0.2) is 106 Å². The van der Waals surface area contributed by atoms with Gasteiger partial charge >= 0.3 is 12.0 Å². The molecule has 360 valence electrons. The molecule has 7 rings (SSSR count). The van der Waals surface area contributed by atoms with Gasteiger partial charge < -0.3 is 48.9 Å². The van der Waals surface area contributed by atoms with Gasteiger partial charge in [-0.2, -0.15) is 4.39 Å². The number of allylic oxidation sites excluding steroid dienone is 1. The lowest BCUT2D eigenvalue weighted by Gasteiger charge is -2.27. The summed E-state index contributed by atoms with van der Waals surface area (Å²) in [4.78, 5) is 31.5. The van der Waals surface area contributed by atoms with Crippen molar-refractivity contribution in [2.24, 2.45) is 5.92 Å². The van der Waals surface area contributed by atoms with Crippen molar-refractivity contribution >= 4 is 80.0 Å². The fraction of sp³-hybridized carbons (Fsp3) is 0.375. The summed E-state index contributed by atoms with van der Waals surface area (Å²) in [5, 5.41) is 29.8. The zero-order valence-corrected chi connectivity index (χ0v) is 43.0. The smallest absolute Gasteiger partial charge is 0.315 e. The number of aromatic nitrogens is 6. The molecule has 0 amide bonds. The molecule has 6 aromatic rings. The molecule has 1 fully saturated rings. The molecule has 4 aromatic heterocycles. The summed E-state index contributed by atoms with van der Waals surface area (Å²) in [7, 11) is 3.89. The standard InChI is InChI=1S/C48H57FI2N12O5/c1-6-16-52-47-58-56-44(67-47)36-29-62(41(64)28-40(36)54-38-12-10-34(50)26-31(38)2)21-15-33(14-20-61-22-24-66-25-23-61)9-7-17-53-48-59-57-45(68-48)37-30-63(19-8-18-60(4)5)46(65)42(49)43(37)55-39-13-11-35(51)27-32(39)3/h6-7,9-13,26-30,33,54-55H,1,8,14-25H2,2-5H3,(H,52,58)(H,53,59)/b9-7+. The minimum atomic E-state index is -0.937. The maximum atomic E-state index is 16.1. The highest BCUT2D eigenvalue weighted by Crippen LogP contribution is 2.34. The first-order valence-electron chi connectivity index (χ1n) is 22.5. The van der Waals surface area contributed by atoms with E-state index in [0.717, 1.165) is 56.6 Å². The van der Waals surface area contributed by atoms with E-state index >= 15 is 4.39 Å². The highest BCUT2D eigenvalue weighted by molar-refractivity contribution is 14.1. The second kappa shape index (κ2) is 24.2. The zero-order valence-electron chi connectivity index (χ0n) is 38.7. The molecule has 1 aliphatic heterocycles. The zero-order chi connectivity index (χ0) is 48.2. The quantitative estimate of drug-likeness (QED) is 0.0353. The predicted molar refractivity (Wildman–Crippen MR) is 282 cm³/mol. The van der Waals surface area contributed by atoms with Gasteiger partial charge in [0.1, 0.15) is 0 Å². The third kappa shape index (κ3) is 13.6. The van der Waals surface area contributed by atoms with Crippen LogP contribution in [0.25, 0.3) is 22.9 Å². The van der Waals surface area contributed by atoms with Crippen molar-refractivity contribution in [3.8, 4) is 22.9 Å². The Morgan fingerprint density at radius 3 is 2.06 bits per heavy atom. The van der Waals surface area contributed by atoms with E-state index in [1.54, 1.807) is 29.1 Å². The first kappa shape index (κ1) is 50.4. The molecule has 0 radical (unpaired) electrons. The Hall–Kier alpha value is -5.43. The third-order valence-corrected chi connectivity index (χ3v) is 12.7. The van der Waals surface area contributed by atoms with Gasteiger partial charge in [-0.25, -0.2) is 0 Å². The highest BCUT2D eigenvalue weighted by Gasteiger charge is 2.23. The molecule has 1 atom stereocenters. The molecule has 1 unspecified atom stereocenters. The molecule has 4 N–H and O–H groups in total. The number of ether oxygens (including phenoxy) is 1.